The summed E-state index contributed by atoms with van der Waals surface area (Å²) in [7, 11) is 0. The lowest BCUT2D eigenvalue weighted by Crippen LogP contribution is -2.16. The average Bonchev–Trinajstić information content (AvgIpc) is 2.34. The van der Waals surface area contributed by atoms with E-state index in [-0.39, 0.29) is 11.7 Å². The minimum Gasteiger partial charge on any atom is -0.466 e. The summed E-state index contributed by atoms with van der Waals surface area (Å²) in [4.78, 5) is 20.5. The first kappa shape index (κ1) is 14.1. The van der Waals surface area contributed by atoms with Crippen molar-refractivity contribution in [3.05, 3.63) is 39.9 Å². The molecule has 1 aromatic rings. The predicted octanol–water partition coefficient (Wildman–Crippen LogP) is 1.64. The van der Waals surface area contributed by atoms with Crippen molar-refractivity contribution in [2.45, 2.75) is 19.9 Å². The lowest BCUT2D eigenvalue weighted by atomic mass is 10.2. The number of nitro benzene ring substituents is 1. The molecule has 0 saturated carbocycles. The van der Waals surface area contributed by atoms with E-state index in [1.807, 2.05) is 0 Å². The Morgan fingerprint density at radius 3 is 2.61 bits per heavy atom. The third-order valence-electron chi connectivity index (χ3n) is 2.28. The van der Waals surface area contributed by atoms with Crippen LogP contribution in [0.2, 0.25) is 0 Å². The number of nitro groups is 1. The van der Waals surface area contributed by atoms with Crippen LogP contribution < -0.4 is 5.32 Å². The van der Waals surface area contributed by atoms with Crippen LogP contribution in [0.1, 0.15) is 18.9 Å². The van der Waals surface area contributed by atoms with Gasteiger partial charge in [-0.1, -0.05) is 12.1 Å². The molecule has 0 unspecified atom stereocenters. The summed E-state index contributed by atoms with van der Waals surface area (Å²) in [6, 6.07) is 6.40. The first-order valence-electron chi connectivity index (χ1n) is 5.67. The molecule has 0 aliphatic carbocycles. The summed E-state index contributed by atoms with van der Waals surface area (Å²) >= 11 is 0. The van der Waals surface area contributed by atoms with Crippen LogP contribution in [0, 0.1) is 10.1 Å². The van der Waals surface area contributed by atoms with Gasteiger partial charge in [0.25, 0.3) is 5.69 Å². The lowest BCUT2D eigenvalue weighted by molar-refractivity contribution is -0.384. The van der Waals surface area contributed by atoms with Crippen molar-refractivity contribution in [3.63, 3.8) is 0 Å². The van der Waals surface area contributed by atoms with E-state index >= 15 is 0 Å². The second-order valence-corrected chi connectivity index (χ2v) is 3.79. The fraction of sp³-hybridized carbons (Fsp3) is 0.417. The van der Waals surface area contributed by atoms with Crippen molar-refractivity contribution in [1.29, 1.82) is 0 Å². The average molecular weight is 252 g/mol. The van der Waals surface area contributed by atoms with Gasteiger partial charge in [0.05, 0.1) is 11.5 Å². The van der Waals surface area contributed by atoms with E-state index in [1.165, 1.54) is 19.1 Å². The highest BCUT2D eigenvalue weighted by molar-refractivity contribution is 5.65. The zero-order valence-corrected chi connectivity index (χ0v) is 10.2. The maximum absolute atomic E-state index is 10.5. The Bertz CT molecular complexity index is 403. The molecule has 18 heavy (non-hydrogen) atoms. The van der Waals surface area contributed by atoms with Gasteiger partial charge < -0.3 is 10.1 Å². The summed E-state index contributed by atoms with van der Waals surface area (Å²) in [6.07, 6.45) is 0.743. The third kappa shape index (κ3) is 5.40. The number of hydrogen-bond acceptors (Lipinski definition) is 5. The van der Waals surface area contributed by atoms with Gasteiger partial charge in [0.1, 0.15) is 0 Å². The zero-order chi connectivity index (χ0) is 13.4. The molecule has 0 fully saturated rings. The van der Waals surface area contributed by atoms with Gasteiger partial charge in [-0.3, -0.25) is 14.9 Å². The zero-order valence-electron chi connectivity index (χ0n) is 10.2. The van der Waals surface area contributed by atoms with Gasteiger partial charge in [-0.25, -0.2) is 0 Å². The fourth-order valence-electron chi connectivity index (χ4n) is 1.38. The third-order valence-corrected chi connectivity index (χ3v) is 2.28. The molecule has 0 radical (unpaired) electrons. The van der Waals surface area contributed by atoms with Crippen LogP contribution in [0.5, 0.6) is 0 Å². The number of benzene rings is 1. The normalized spacial score (nSPS) is 10.1. The molecule has 1 rings (SSSR count). The molecular formula is C12H16N2O4. The number of nitrogens with zero attached hydrogens (tertiary/aromatic N) is 1. The number of ether oxygens (including phenoxy) is 1. The van der Waals surface area contributed by atoms with Crippen LogP contribution in [-0.2, 0) is 16.1 Å². The predicted molar refractivity (Wildman–Crippen MR) is 66.1 cm³/mol. The molecule has 0 amide bonds. The Balaban J connectivity index is 2.19. The van der Waals surface area contributed by atoms with Gasteiger partial charge in [-0.15, -0.1) is 0 Å². The topological polar surface area (TPSA) is 81.5 Å². The minimum absolute atomic E-state index is 0.0913. The first-order chi connectivity index (χ1) is 8.59. The number of non-ortho nitro benzene ring substituents is 1. The van der Waals surface area contributed by atoms with E-state index in [2.05, 4.69) is 5.32 Å². The van der Waals surface area contributed by atoms with Crippen molar-refractivity contribution in [2.24, 2.45) is 0 Å². The van der Waals surface area contributed by atoms with Gasteiger partial charge >= 0.3 is 5.97 Å². The van der Waals surface area contributed by atoms with Crippen LogP contribution >= 0.6 is 0 Å². The number of hydrogen-bond donors (Lipinski definition) is 1. The van der Waals surface area contributed by atoms with E-state index in [0.29, 0.717) is 13.2 Å². The number of rotatable bonds is 7. The van der Waals surface area contributed by atoms with Gasteiger partial charge in [-0.05, 0) is 18.5 Å². The molecule has 0 aliphatic rings. The Morgan fingerprint density at radius 2 is 2.06 bits per heavy atom. The molecule has 0 spiro atoms. The molecule has 1 aromatic carbocycles. The molecule has 0 aliphatic heterocycles. The standard InChI is InChI=1S/C12H16N2O4/c1-10(15)18-8-2-7-13-9-11-3-5-12(6-4-11)14(16)17/h3-6,13H,2,7-9H2,1H3. The molecule has 6 nitrogen and oxygen atoms in total. The summed E-state index contributed by atoms with van der Waals surface area (Å²) in [6.45, 7) is 3.15. The van der Waals surface area contributed by atoms with Gasteiger partial charge in [0.15, 0.2) is 0 Å². The van der Waals surface area contributed by atoms with Crippen molar-refractivity contribution in [2.75, 3.05) is 13.2 Å². The molecule has 98 valence electrons. The van der Waals surface area contributed by atoms with Crippen molar-refractivity contribution < 1.29 is 14.5 Å². The quantitative estimate of drug-likeness (QED) is 0.345. The molecule has 0 aromatic heterocycles. The van der Waals surface area contributed by atoms with E-state index in [9.17, 15) is 14.9 Å². The summed E-state index contributed by atoms with van der Waals surface area (Å²) < 4.78 is 4.78. The Hall–Kier alpha value is -1.95. The molecule has 0 atom stereocenters. The summed E-state index contributed by atoms with van der Waals surface area (Å²) in [5, 5.41) is 13.6. The number of esters is 1. The smallest absolute Gasteiger partial charge is 0.302 e. The number of carbonyl (C=O) groups is 1. The molecule has 0 saturated heterocycles. The highest BCUT2D eigenvalue weighted by Crippen LogP contribution is 2.11. The van der Waals surface area contributed by atoms with Crippen LogP contribution in [-0.4, -0.2) is 24.0 Å². The number of carbonyl (C=O) groups excluding carboxylic acids is 1. The molecule has 6 heteroatoms. The van der Waals surface area contributed by atoms with Gasteiger partial charge in [0.2, 0.25) is 0 Å². The highest BCUT2D eigenvalue weighted by atomic mass is 16.6. The van der Waals surface area contributed by atoms with E-state index in [1.54, 1.807) is 12.1 Å². The Labute approximate surface area is 105 Å². The van der Waals surface area contributed by atoms with Crippen LogP contribution in [0.3, 0.4) is 0 Å². The van der Waals surface area contributed by atoms with E-state index in [4.69, 9.17) is 4.74 Å². The van der Waals surface area contributed by atoms with Crippen molar-refractivity contribution in [1.82, 2.24) is 5.32 Å². The van der Waals surface area contributed by atoms with Crippen LogP contribution in [0.25, 0.3) is 0 Å². The molecule has 0 heterocycles. The second-order valence-electron chi connectivity index (χ2n) is 3.79. The first-order valence-corrected chi connectivity index (χ1v) is 5.67. The molecular weight excluding hydrogens is 236 g/mol. The molecule has 1 N–H and O–H groups in total. The summed E-state index contributed by atoms with van der Waals surface area (Å²) in [5.74, 6) is -0.273. The van der Waals surface area contributed by atoms with E-state index < -0.39 is 4.92 Å². The SMILES string of the molecule is CC(=O)OCCCNCc1ccc([N+](=O)[O-])cc1. The Morgan fingerprint density at radius 1 is 1.39 bits per heavy atom. The van der Waals surface area contributed by atoms with Crippen molar-refractivity contribution >= 4 is 11.7 Å². The van der Waals surface area contributed by atoms with Crippen molar-refractivity contribution in [3.8, 4) is 0 Å². The monoisotopic (exact) mass is 252 g/mol. The summed E-state index contributed by atoms with van der Waals surface area (Å²) in [5.41, 5.74) is 1.07. The maximum atomic E-state index is 10.5. The Kier molecular flexibility index (Phi) is 5.79. The van der Waals surface area contributed by atoms with Gasteiger partial charge in [0, 0.05) is 25.6 Å². The fourth-order valence-corrected chi connectivity index (χ4v) is 1.38. The maximum Gasteiger partial charge on any atom is 0.302 e. The van der Waals surface area contributed by atoms with Crippen LogP contribution in [0.4, 0.5) is 5.69 Å². The lowest BCUT2D eigenvalue weighted by Gasteiger charge is -2.05. The number of nitrogens with one attached hydrogen (secondary N) is 1. The largest absolute Gasteiger partial charge is 0.466 e. The van der Waals surface area contributed by atoms with E-state index in [0.717, 1.165) is 18.5 Å². The van der Waals surface area contributed by atoms with Crippen LogP contribution in [0.15, 0.2) is 24.3 Å². The van der Waals surface area contributed by atoms with Gasteiger partial charge in [-0.2, -0.15) is 0 Å². The highest BCUT2D eigenvalue weighted by Gasteiger charge is 2.03. The minimum atomic E-state index is -0.420. The second kappa shape index (κ2) is 7.39. The molecule has 0 bridgehead atoms.